The highest BCUT2D eigenvalue weighted by atomic mass is 35.5. The lowest BCUT2D eigenvalue weighted by atomic mass is 10.0. The van der Waals surface area contributed by atoms with Gasteiger partial charge in [0, 0.05) is 18.8 Å². The molecule has 2 aromatic rings. The number of carbonyl (C=O) groups excluding carboxylic acids is 1. The van der Waals surface area contributed by atoms with Crippen molar-refractivity contribution in [1.82, 2.24) is 5.32 Å². The van der Waals surface area contributed by atoms with E-state index in [1.807, 2.05) is 38.1 Å². The minimum Gasteiger partial charge on any atom is -0.372 e. The number of nitrogens with two attached hydrogens (primary N) is 1. The predicted molar refractivity (Wildman–Crippen MR) is 117 cm³/mol. The number of hydrogen-bond donors (Lipinski definition) is 2. The lowest BCUT2D eigenvalue weighted by molar-refractivity contribution is -0.123. The Morgan fingerprint density at radius 2 is 1.67 bits per heavy atom. The number of aryl methyl sites for hydroxylation is 1. The van der Waals surface area contributed by atoms with Crippen molar-refractivity contribution in [2.24, 2.45) is 5.73 Å². The average molecular weight is 410 g/mol. The van der Waals surface area contributed by atoms with Gasteiger partial charge >= 0.3 is 0 Å². The molecule has 1 amide bonds. The maximum Gasteiger partial charge on any atom is 0.241 e. The van der Waals surface area contributed by atoms with E-state index in [2.05, 4.69) is 34.5 Å². The van der Waals surface area contributed by atoms with Crippen LogP contribution in [0.1, 0.15) is 48.5 Å². The first-order valence-corrected chi connectivity index (χ1v) is 9.02. The second-order valence-corrected chi connectivity index (χ2v) is 6.91. The Morgan fingerprint density at radius 3 is 2.30 bits per heavy atom. The normalized spacial score (nSPS) is 15.3. The largest absolute Gasteiger partial charge is 0.372 e. The second-order valence-electron chi connectivity index (χ2n) is 6.91. The number of nitrogens with zero attached hydrogens (tertiary/aromatic N) is 1. The van der Waals surface area contributed by atoms with Gasteiger partial charge in [-0.1, -0.05) is 42.0 Å². The van der Waals surface area contributed by atoms with Crippen LogP contribution in [0.15, 0.2) is 48.5 Å². The molecule has 0 aliphatic carbocycles. The molecule has 0 radical (unpaired) electrons. The number of amides is 1. The third kappa shape index (κ3) is 5.86. The first-order valence-electron chi connectivity index (χ1n) is 9.02. The van der Waals surface area contributed by atoms with E-state index in [0.29, 0.717) is 0 Å². The van der Waals surface area contributed by atoms with E-state index in [1.165, 1.54) is 18.5 Å². The van der Waals surface area contributed by atoms with Crippen LogP contribution in [-0.4, -0.2) is 19.0 Å². The van der Waals surface area contributed by atoms with Gasteiger partial charge in [0.05, 0.1) is 6.04 Å². The van der Waals surface area contributed by atoms with Crippen molar-refractivity contribution in [3.05, 3.63) is 65.2 Å². The number of rotatable bonds is 5. The quantitative estimate of drug-likeness (QED) is 0.772. The Labute approximate surface area is 174 Å². The summed E-state index contributed by atoms with van der Waals surface area (Å²) in [4.78, 5) is 14.9. The van der Waals surface area contributed by atoms with Gasteiger partial charge in [0.2, 0.25) is 5.91 Å². The summed E-state index contributed by atoms with van der Waals surface area (Å²) in [5.41, 5.74) is 10.5. The van der Waals surface area contributed by atoms with Crippen LogP contribution in [0.25, 0.3) is 0 Å². The molecule has 3 N–H and O–H groups in total. The Hall–Kier alpha value is -1.75. The zero-order valence-corrected chi connectivity index (χ0v) is 17.5. The molecule has 6 heteroatoms. The Kier molecular flexibility index (Phi) is 9.10. The molecule has 4 nitrogen and oxygen atoms in total. The van der Waals surface area contributed by atoms with Gasteiger partial charge in [-0.15, -0.1) is 24.8 Å². The fraction of sp³-hybridized carbons (Fsp3) is 0.381. The van der Waals surface area contributed by atoms with E-state index in [1.54, 1.807) is 0 Å². The zero-order chi connectivity index (χ0) is 17.8. The first-order chi connectivity index (χ1) is 12.0. The molecule has 0 saturated carbocycles. The van der Waals surface area contributed by atoms with Crippen molar-refractivity contribution in [2.75, 3.05) is 18.0 Å². The van der Waals surface area contributed by atoms with E-state index in [4.69, 9.17) is 5.73 Å². The monoisotopic (exact) mass is 409 g/mol. The summed E-state index contributed by atoms with van der Waals surface area (Å²) in [5.74, 6) is -0.150. The Bertz CT molecular complexity index is 730. The summed E-state index contributed by atoms with van der Waals surface area (Å²) >= 11 is 0. The third-order valence-electron chi connectivity index (χ3n) is 4.92. The minimum atomic E-state index is -0.648. The maximum absolute atomic E-state index is 12.5. The van der Waals surface area contributed by atoms with E-state index in [9.17, 15) is 4.79 Å². The maximum atomic E-state index is 12.5. The first kappa shape index (κ1) is 23.3. The summed E-state index contributed by atoms with van der Waals surface area (Å²) in [7, 11) is 0. The molecule has 3 rings (SSSR count). The van der Waals surface area contributed by atoms with Gasteiger partial charge in [-0.05, 0) is 49.9 Å². The van der Waals surface area contributed by atoms with Gasteiger partial charge in [-0.2, -0.15) is 0 Å². The van der Waals surface area contributed by atoms with Crippen LogP contribution in [0.3, 0.4) is 0 Å². The zero-order valence-electron chi connectivity index (χ0n) is 15.9. The highest BCUT2D eigenvalue weighted by molar-refractivity contribution is 5.85. The Morgan fingerprint density at radius 1 is 1.04 bits per heavy atom. The molecular formula is C21H29Cl2N3O. The lowest BCUT2D eigenvalue weighted by Crippen LogP contribution is -2.35. The average Bonchev–Trinajstić information content (AvgIpc) is 3.16. The minimum absolute atomic E-state index is 0. The lowest BCUT2D eigenvalue weighted by Gasteiger charge is -2.22. The van der Waals surface area contributed by atoms with Crippen molar-refractivity contribution in [1.29, 1.82) is 0 Å². The third-order valence-corrected chi connectivity index (χ3v) is 4.92. The molecule has 1 saturated heterocycles. The van der Waals surface area contributed by atoms with Gasteiger partial charge in [0.1, 0.15) is 6.04 Å². The van der Waals surface area contributed by atoms with Gasteiger partial charge in [0.25, 0.3) is 0 Å². The number of nitrogens with one attached hydrogen (secondary N) is 1. The van der Waals surface area contributed by atoms with E-state index in [0.717, 1.165) is 29.8 Å². The fourth-order valence-corrected chi connectivity index (χ4v) is 3.28. The van der Waals surface area contributed by atoms with Crippen molar-refractivity contribution < 1.29 is 4.79 Å². The SMILES string of the molecule is Cc1ccc(C(N)C(=O)NC(C)c2cccc(N3CCCC3)c2)cc1.Cl.Cl. The van der Waals surface area contributed by atoms with Crippen molar-refractivity contribution in [3.63, 3.8) is 0 Å². The fourth-order valence-electron chi connectivity index (χ4n) is 3.28. The highest BCUT2D eigenvalue weighted by Crippen LogP contribution is 2.24. The molecule has 148 valence electrons. The van der Waals surface area contributed by atoms with Gasteiger partial charge < -0.3 is 16.0 Å². The molecular weight excluding hydrogens is 381 g/mol. The standard InChI is InChI=1S/C21H27N3O.2ClH/c1-15-8-10-17(11-9-15)20(22)21(25)23-16(2)18-6-5-7-19(14-18)24-12-3-4-13-24;;/h5-11,14,16,20H,3-4,12-13,22H2,1-2H3,(H,23,25);2*1H. The van der Waals surface area contributed by atoms with Crippen LogP contribution in [0.4, 0.5) is 5.69 Å². The van der Waals surface area contributed by atoms with Crippen LogP contribution >= 0.6 is 24.8 Å². The smallest absolute Gasteiger partial charge is 0.241 e. The predicted octanol–water partition coefficient (Wildman–Crippen LogP) is 4.32. The highest BCUT2D eigenvalue weighted by Gasteiger charge is 2.19. The second kappa shape index (κ2) is 10.5. The summed E-state index contributed by atoms with van der Waals surface area (Å²) in [6, 6.07) is 15.5. The summed E-state index contributed by atoms with van der Waals surface area (Å²) in [6.07, 6.45) is 2.50. The van der Waals surface area contributed by atoms with E-state index in [-0.39, 0.29) is 36.8 Å². The molecule has 27 heavy (non-hydrogen) atoms. The van der Waals surface area contributed by atoms with Crippen molar-refractivity contribution in [3.8, 4) is 0 Å². The molecule has 1 aliphatic heterocycles. The number of benzene rings is 2. The molecule has 0 bridgehead atoms. The number of anilines is 1. The van der Waals surface area contributed by atoms with Gasteiger partial charge in [-0.3, -0.25) is 4.79 Å². The van der Waals surface area contributed by atoms with Crippen LogP contribution < -0.4 is 16.0 Å². The Balaban J connectivity index is 0.00000182. The summed E-state index contributed by atoms with van der Waals surface area (Å²) in [5, 5.41) is 3.04. The number of hydrogen-bond acceptors (Lipinski definition) is 3. The van der Waals surface area contributed by atoms with Gasteiger partial charge in [-0.25, -0.2) is 0 Å². The molecule has 1 heterocycles. The number of carbonyl (C=O) groups is 1. The summed E-state index contributed by atoms with van der Waals surface area (Å²) in [6.45, 7) is 6.25. The van der Waals surface area contributed by atoms with E-state index < -0.39 is 6.04 Å². The molecule has 2 unspecified atom stereocenters. The van der Waals surface area contributed by atoms with E-state index >= 15 is 0 Å². The molecule has 1 aliphatic rings. The molecule has 2 atom stereocenters. The number of halogens is 2. The molecule has 0 aromatic heterocycles. The molecule has 1 fully saturated rings. The van der Waals surface area contributed by atoms with Crippen LogP contribution in [0.5, 0.6) is 0 Å². The summed E-state index contributed by atoms with van der Waals surface area (Å²) < 4.78 is 0. The van der Waals surface area contributed by atoms with Crippen molar-refractivity contribution >= 4 is 36.4 Å². The van der Waals surface area contributed by atoms with Crippen LogP contribution in [0.2, 0.25) is 0 Å². The van der Waals surface area contributed by atoms with Gasteiger partial charge in [0.15, 0.2) is 0 Å². The molecule has 2 aromatic carbocycles. The molecule has 0 spiro atoms. The topological polar surface area (TPSA) is 58.4 Å². The van der Waals surface area contributed by atoms with Crippen LogP contribution in [-0.2, 0) is 4.79 Å². The van der Waals surface area contributed by atoms with Crippen molar-refractivity contribution in [2.45, 2.75) is 38.8 Å². The van der Waals surface area contributed by atoms with Crippen LogP contribution in [0, 0.1) is 6.92 Å².